The van der Waals surface area contributed by atoms with Crippen molar-refractivity contribution in [2.45, 2.75) is 52.5 Å². The monoisotopic (exact) mass is 423 g/mol. The standard InChI is InChI=1S/C25H33N3O3/c1-19(2)17-27-14-6-4-3-5-7-15-28(24(29)20-10-12-26-13-11-20)23-9-8-21(25(30)31)16-22(23)18-27/h8-13,16,19H,3-7,14-15,17-18H2,1-2H3,(H,30,31). The van der Waals surface area contributed by atoms with Gasteiger partial charge in [-0.1, -0.05) is 33.1 Å². The minimum absolute atomic E-state index is 0.0702. The van der Waals surface area contributed by atoms with Crippen LogP contribution >= 0.6 is 0 Å². The molecule has 1 amide bonds. The van der Waals surface area contributed by atoms with Crippen molar-refractivity contribution in [3.8, 4) is 0 Å². The average molecular weight is 424 g/mol. The number of carbonyl (C=O) groups excluding carboxylic acids is 1. The molecule has 1 aromatic heterocycles. The van der Waals surface area contributed by atoms with Gasteiger partial charge in [-0.25, -0.2) is 4.79 Å². The normalized spacial score (nSPS) is 16.3. The molecule has 0 saturated carbocycles. The number of fused-ring (bicyclic) bond motifs is 1. The molecule has 0 unspecified atom stereocenters. The summed E-state index contributed by atoms with van der Waals surface area (Å²) in [4.78, 5) is 33.3. The summed E-state index contributed by atoms with van der Waals surface area (Å²) in [6.45, 7) is 7.57. The number of carboxylic acids is 1. The van der Waals surface area contributed by atoms with E-state index < -0.39 is 5.97 Å². The molecule has 0 radical (unpaired) electrons. The maximum atomic E-state index is 13.4. The Morgan fingerprint density at radius 1 is 0.968 bits per heavy atom. The van der Waals surface area contributed by atoms with Crippen LogP contribution in [0.15, 0.2) is 42.7 Å². The summed E-state index contributed by atoms with van der Waals surface area (Å²) in [6.07, 6.45) is 8.73. The highest BCUT2D eigenvalue weighted by atomic mass is 16.4. The lowest BCUT2D eigenvalue weighted by Gasteiger charge is -2.30. The predicted molar refractivity (Wildman–Crippen MR) is 123 cm³/mol. The Kier molecular flexibility index (Phi) is 8.18. The van der Waals surface area contributed by atoms with Crippen LogP contribution in [0.1, 0.15) is 72.2 Å². The molecule has 1 aliphatic heterocycles. The first kappa shape index (κ1) is 22.9. The number of nitrogens with zero attached hydrogens (tertiary/aromatic N) is 3. The number of anilines is 1. The molecule has 31 heavy (non-hydrogen) atoms. The molecule has 1 aliphatic rings. The second-order valence-corrected chi connectivity index (χ2v) is 8.74. The van der Waals surface area contributed by atoms with Crippen molar-refractivity contribution in [2.75, 3.05) is 24.5 Å². The summed E-state index contributed by atoms with van der Waals surface area (Å²) < 4.78 is 0. The van der Waals surface area contributed by atoms with Crippen molar-refractivity contribution >= 4 is 17.6 Å². The van der Waals surface area contributed by atoms with Crippen molar-refractivity contribution in [1.82, 2.24) is 9.88 Å². The van der Waals surface area contributed by atoms with E-state index in [1.165, 1.54) is 6.42 Å². The fourth-order valence-corrected chi connectivity index (χ4v) is 4.22. The van der Waals surface area contributed by atoms with Gasteiger partial charge in [0.25, 0.3) is 5.91 Å². The topological polar surface area (TPSA) is 73.7 Å². The predicted octanol–water partition coefficient (Wildman–Crippen LogP) is 4.85. The smallest absolute Gasteiger partial charge is 0.335 e. The molecule has 6 nitrogen and oxygen atoms in total. The van der Waals surface area contributed by atoms with Crippen molar-refractivity contribution in [3.63, 3.8) is 0 Å². The van der Waals surface area contributed by atoms with Crippen molar-refractivity contribution in [3.05, 3.63) is 59.4 Å². The molecule has 6 heteroatoms. The molecule has 0 fully saturated rings. The van der Waals surface area contributed by atoms with E-state index in [0.717, 1.165) is 50.0 Å². The second kappa shape index (κ2) is 11.0. The molecule has 0 spiro atoms. The molecule has 3 rings (SSSR count). The quantitative estimate of drug-likeness (QED) is 0.761. The first-order valence-electron chi connectivity index (χ1n) is 11.3. The minimum atomic E-state index is -0.948. The van der Waals surface area contributed by atoms with Gasteiger partial charge >= 0.3 is 5.97 Å². The van der Waals surface area contributed by atoms with E-state index >= 15 is 0 Å². The first-order chi connectivity index (χ1) is 15.0. The van der Waals surface area contributed by atoms with Crippen LogP contribution in [0.2, 0.25) is 0 Å². The van der Waals surface area contributed by atoms with Crippen LogP contribution in [0.3, 0.4) is 0 Å². The van der Waals surface area contributed by atoms with E-state index in [-0.39, 0.29) is 11.5 Å². The number of rotatable bonds is 4. The Balaban J connectivity index is 2.04. The van der Waals surface area contributed by atoms with Gasteiger partial charge in [0.05, 0.1) is 5.56 Å². The van der Waals surface area contributed by atoms with Crippen LogP contribution in [0.5, 0.6) is 0 Å². The summed E-state index contributed by atoms with van der Waals surface area (Å²) >= 11 is 0. The third-order valence-corrected chi connectivity index (χ3v) is 5.66. The molecule has 1 aromatic carbocycles. The Bertz CT molecular complexity index is 883. The summed E-state index contributed by atoms with van der Waals surface area (Å²) in [5.41, 5.74) is 2.55. The number of carbonyl (C=O) groups is 2. The Morgan fingerprint density at radius 3 is 2.32 bits per heavy atom. The van der Waals surface area contributed by atoms with Crippen LogP contribution in [-0.2, 0) is 6.54 Å². The van der Waals surface area contributed by atoms with Gasteiger partial charge in [0.2, 0.25) is 0 Å². The maximum Gasteiger partial charge on any atom is 0.335 e. The zero-order chi connectivity index (χ0) is 22.2. The van der Waals surface area contributed by atoms with Gasteiger partial charge in [-0.15, -0.1) is 0 Å². The Morgan fingerprint density at radius 2 is 1.65 bits per heavy atom. The lowest BCUT2D eigenvalue weighted by molar-refractivity contribution is 0.0696. The molecule has 0 aliphatic carbocycles. The molecule has 2 heterocycles. The molecule has 166 valence electrons. The van der Waals surface area contributed by atoms with Crippen LogP contribution in [0, 0.1) is 5.92 Å². The Labute approximate surface area is 184 Å². The van der Waals surface area contributed by atoms with Gasteiger partial charge in [-0.3, -0.25) is 14.7 Å². The summed E-state index contributed by atoms with van der Waals surface area (Å²) in [5.74, 6) is -0.510. The van der Waals surface area contributed by atoms with E-state index in [4.69, 9.17) is 0 Å². The number of hydrogen-bond donors (Lipinski definition) is 1. The van der Waals surface area contributed by atoms with Gasteiger partial charge in [0, 0.05) is 43.3 Å². The second-order valence-electron chi connectivity index (χ2n) is 8.74. The number of pyridine rings is 1. The summed E-state index contributed by atoms with van der Waals surface area (Å²) in [7, 11) is 0. The van der Waals surface area contributed by atoms with E-state index in [0.29, 0.717) is 24.6 Å². The largest absolute Gasteiger partial charge is 0.478 e. The first-order valence-corrected chi connectivity index (χ1v) is 11.3. The van der Waals surface area contributed by atoms with Crippen molar-refractivity contribution in [2.24, 2.45) is 5.92 Å². The zero-order valence-corrected chi connectivity index (χ0v) is 18.6. The van der Waals surface area contributed by atoms with Crippen LogP contribution in [0.4, 0.5) is 5.69 Å². The lowest BCUT2D eigenvalue weighted by Crippen LogP contribution is -2.35. The number of hydrogen-bond acceptors (Lipinski definition) is 4. The van der Waals surface area contributed by atoms with Gasteiger partial charge in [0.1, 0.15) is 0 Å². The number of aromatic carboxylic acids is 1. The van der Waals surface area contributed by atoms with E-state index in [9.17, 15) is 14.7 Å². The number of benzene rings is 1. The fourth-order valence-electron chi connectivity index (χ4n) is 4.22. The molecular formula is C25H33N3O3. The highest BCUT2D eigenvalue weighted by molar-refractivity contribution is 6.06. The summed E-state index contributed by atoms with van der Waals surface area (Å²) in [5, 5.41) is 9.56. The number of aromatic nitrogens is 1. The van der Waals surface area contributed by atoms with Gasteiger partial charge in [0.15, 0.2) is 0 Å². The third kappa shape index (κ3) is 6.37. The van der Waals surface area contributed by atoms with Crippen LogP contribution in [0.25, 0.3) is 0 Å². The molecule has 0 saturated heterocycles. The van der Waals surface area contributed by atoms with Crippen molar-refractivity contribution in [1.29, 1.82) is 0 Å². The number of amides is 1. The third-order valence-electron chi connectivity index (χ3n) is 5.66. The summed E-state index contributed by atoms with van der Waals surface area (Å²) in [6, 6.07) is 8.61. The van der Waals surface area contributed by atoms with E-state index in [2.05, 4.69) is 23.7 Å². The highest BCUT2D eigenvalue weighted by Gasteiger charge is 2.23. The molecule has 0 atom stereocenters. The number of carboxylic acid groups (broad SMARTS) is 1. The van der Waals surface area contributed by atoms with Crippen molar-refractivity contribution < 1.29 is 14.7 Å². The lowest BCUT2D eigenvalue weighted by atomic mass is 10.0. The minimum Gasteiger partial charge on any atom is -0.478 e. The average Bonchev–Trinajstić information content (AvgIpc) is 2.74. The molecule has 1 N–H and O–H groups in total. The van der Waals surface area contributed by atoms with Crippen LogP contribution < -0.4 is 4.90 Å². The Hall–Kier alpha value is -2.73. The highest BCUT2D eigenvalue weighted by Crippen LogP contribution is 2.27. The van der Waals surface area contributed by atoms with Gasteiger partial charge in [-0.05, 0) is 61.2 Å². The zero-order valence-electron chi connectivity index (χ0n) is 18.6. The van der Waals surface area contributed by atoms with Gasteiger partial charge < -0.3 is 10.0 Å². The SMILES string of the molecule is CC(C)CN1CCCCCCCN(C(=O)c2ccncc2)c2ccc(C(=O)O)cc2C1. The van der Waals surface area contributed by atoms with E-state index in [1.807, 2.05) is 4.90 Å². The van der Waals surface area contributed by atoms with Crippen LogP contribution in [-0.4, -0.2) is 46.5 Å². The fraction of sp³-hybridized carbons (Fsp3) is 0.480. The van der Waals surface area contributed by atoms with Gasteiger partial charge in [-0.2, -0.15) is 0 Å². The molecule has 2 aromatic rings. The van der Waals surface area contributed by atoms with E-state index in [1.54, 1.807) is 42.7 Å². The molecule has 0 bridgehead atoms. The maximum absolute atomic E-state index is 13.4. The molecular weight excluding hydrogens is 390 g/mol.